The first kappa shape index (κ1) is 14.5. The highest BCUT2D eigenvalue weighted by Gasteiger charge is 2.09. The van der Waals surface area contributed by atoms with Crippen LogP contribution in [0.1, 0.15) is 5.56 Å². The van der Waals surface area contributed by atoms with Crippen LogP contribution < -0.4 is 3.07 Å². The summed E-state index contributed by atoms with van der Waals surface area (Å²) < 4.78 is 5.36. The highest BCUT2D eigenvalue weighted by molar-refractivity contribution is 14.1. The second kappa shape index (κ2) is 7.05. The third kappa shape index (κ3) is 3.79. The summed E-state index contributed by atoms with van der Waals surface area (Å²) in [7, 11) is 0. The van der Waals surface area contributed by atoms with E-state index in [0.717, 1.165) is 22.4 Å². The molecule has 2 rings (SSSR count). The average Bonchev–Trinajstić information content (AvgIpc) is 2.48. The number of halogens is 2. The molecule has 0 unspecified atom stereocenters. The molecular formula is C15H12BrIO2. The van der Waals surface area contributed by atoms with Gasteiger partial charge in [0.1, 0.15) is 11.5 Å². The van der Waals surface area contributed by atoms with Crippen molar-refractivity contribution in [2.75, 3.05) is 5.33 Å². The molecule has 0 amide bonds. The van der Waals surface area contributed by atoms with Gasteiger partial charge in [-0.3, -0.25) is 4.79 Å². The molecule has 0 aliphatic rings. The molecule has 0 heterocycles. The molecule has 0 aromatic heterocycles. The Bertz CT molecular complexity index is 570. The average molecular weight is 431 g/mol. The minimum Gasteiger partial charge on any atom is -0.427 e. The van der Waals surface area contributed by atoms with Gasteiger partial charge in [0.2, 0.25) is 0 Å². The Morgan fingerprint density at radius 1 is 1.16 bits per heavy atom. The van der Waals surface area contributed by atoms with Crippen molar-refractivity contribution in [3.05, 3.63) is 54.1 Å². The third-order valence-electron chi connectivity index (χ3n) is 2.76. The zero-order valence-corrected chi connectivity index (χ0v) is 13.8. The number of carbonyl (C=O) groups excluding carboxylic acids is 1. The van der Waals surface area contributed by atoms with E-state index in [9.17, 15) is 4.79 Å². The summed E-state index contributed by atoms with van der Waals surface area (Å²) >= 11 is 5.06. The molecule has 4 heteroatoms. The minimum absolute atomic E-state index is 0.169. The topological polar surface area (TPSA) is 26.3 Å². The molecule has 2 aromatic rings. The Morgan fingerprint density at radius 2 is 1.89 bits per heavy atom. The van der Waals surface area contributed by atoms with Crippen LogP contribution in [0.25, 0.3) is 11.1 Å². The third-order valence-corrected chi connectivity index (χ3v) is 3.86. The van der Waals surface area contributed by atoms with Crippen LogP contribution in [0.3, 0.4) is 0 Å². The maximum absolute atomic E-state index is 11.5. The molecule has 2 aromatic carbocycles. The Labute approximate surface area is 135 Å². The van der Waals surface area contributed by atoms with Crippen molar-refractivity contribution >= 4 is 44.7 Å². The quantitative estimate of drug-likeness (QED) is 0.512. The number of hydrogen-bond acceptors (Lipinski definition) is 2. The normalized spacial score (nSPS) is 10.2. The van der Waals surface area contributed by atoms with Crippen LogP contribution in [-0.2, 0) is 11.2 Å². The predicted molar refractivity (Wildman–Crippen MR) is 89.0 cm³/mol. The summed E-state index contributed by atoms with van der Waals surface area (Å²) in [6, 6.07) is 15.9. The fraction of sp³-hybridized carbons (Fsp3) is 0.133. The molecule has 0 spiro atoms. The molecule has 0 radical (unpaired) electrons. The predicted octanol–water partition coefficient (Wildman–Crippen LogP) is 4.59. The lowest BCUT2D eigenvalue weighted by atomic mass is 10.00. The molecule has 0 aliphatic carbocycles. The molecule has 0 saturated heterocycles. The van der Waals surface area contributed by atoms with Gasteiger partial charge in [-0.05, 0) is 23.3 Å². The molecule has 0 aliphatic heterocycles. The van der Waals surface area contributed by atoms with Crippen LogP contribution in [0.4, 0.5) is 0 Å². The van der Waals surface area contributed by atoms with Crippen molar-refractivity contribution in [1.82, 2.24) is 0 Å². The molecular weight excluding hydrogens is 419 g/mol. The number of Topliss-reactive ketones (excluding diaryl/α,β-unsaturated/α-hetero) is 1. The van der Waals surface area contributed by atoms with Crippen molar-refractivity contribution in [3.63, 3.8) is 0 Å². The lowest BCUT2D eigenvalue weighted by Gasteiger charge is -2.09. The molecule has 0 atom stereocenters. The van der Waals surface area contributed by atoms with E-state index in [1.54, 1.807) is 0 Å². The van der Waals surface area contributed by atoms with Crippen LogP contribution in [0, 0.1) is 0 Å². The summed E-state index contributed by atoms with van der Waals surface area (Å²) in [4.78, 5) is 11.5. The standard InChI is InChI=1S/C15H12BrIO2/c16-10-13(18)8-11-6-7-15(19-17)14(9-11)12-4-2-1-3-5-12/h1-7,9H,8,10H2. The Balaban J connectivity index is 2.40. The molecule has 0 N–H and O–H groups in total. The minimum atomic E-state index is 0.169. The molecule has 0 fully saturated rings. The monoisotopic (exact) mass is 430 g/mol. The number of hydrogen-bond donors (Lipinski definition) is 0. The lowest BCUT2D eigenvalue weighted by Crippen LogP contribution is -2.03. The smallest absolute Gasteiger partial charge is 0.192 e. The lowest BCUT2D eigenvalue weighted by molar-refractivity contribution is -0.115. The summed E-state index contributed by atoms with van der Waals surface area (Å²) in [6.45, 7) is 0. The molecule has 0 bridgehead atoms. The van der Waals surface area contributed by atoms with Crippen molar-refractivity contribution in [1.29, 1.82) is 0 Å². The van der Waals surface area contributed by atoms with Gasteiger partial charge in [-0.2, -0.15) is 0 Å². The number of ketones is 1. The van der Waals surface area contributed by atoms with Gasteiger partial charge in [0.15, 0.2) is 23.0 Å². The Kier molecular flexibility index (Phi) is 5.39. The zero-order chi connectivity index (χ0) is 13.7. The van der Waals surface area contributed by atoms with Gasteiger partial charge >= 0.3 is 0 Å². The van der Waals surface area contributed by atoms with Gasteiger partial charge in [-0.1, -0.05) is 52.3 Å². The molecule has 19 heavy (non-hydrogen) atoms. The van der Waals surface area contributed by atoms with E-state index in [2.05, 4.69) is 15.9 Å². The Morgan fingerprint density at radius 3 is 2.53 bits per heavy atom. The van der Waals surface area contributed by atoms with Crippen molar-refractivity contribution in [2.45, 2.75) is 6.42 Å². The van der Waals surface area contributed by atoms with Crippen LogP contribution in [0.15, 0.2) is 48.5 Å². The van der Waals surface area contributed by atoms with E-state index < -0.39 is 0 Å². The highest BCUT2D eigenvalue weighted by Crippen LogP contribution is 2.32. The van der Waals surface area contributed by atoms with E-state index in [1.807, 2.05) is 71.5 Å². The fourth-order valence-electron chi connectivity index (χ4n) is 1.87. The van der Waals surface area contributed by atoms with Gasteiger partial charge in [-0.25, -0.2) is 0 Å². The number of rotatable bonds is 5. The highest BCUT2D eigenvalue weighted by atomic mass is 127. The molecule has 98 valence electrons. The van der Waals surface area contributed by atoms with E-state index >= 15 is 0 Å². The maximum atomic E-state index is 11.5. The molecule has 0 saturated carbocycles. The van der Waals surface area contributed by atoms with Gasteiger partial charge in [0.25, 0.3) is 0 Å². The fourth-order valence-corrected chi connectivity index (χ4v) is 2.45. The van der Waals surface area contributed by atoms with Crippen molar-refractivity contribution < 1.29 is 7.86 Å². The first-order valence-electron chi connectivity index (χ1n) is 5.79. The summed E-state index contributed by atoms with van der Waals surface area (Å²) in [5, 5.41) is 0.387. The summed E-state index contributed by atoms with van der Waals surface area (Å²) in [6.07, 6.45) is 0.437. The Hall–Kier alpha value is -0.880. The van der Waals surface area contributed by atoms with Crippen LogP contribution >= 0.6 is 38.9 Å². The first-order chi connectivity index (χ1) is 9.24. The van der Waals surface area contributed by atoms with Crippen molar-refractivity contribution in [2.24, 2.45) is 0 Å². The maximum Gasteiger partial charge on any atom is 0.192 e. The SMILES string of the molecule is O=C(CBr)Cc1ccc(OI)c(-c2ccccc2)c1. The van der Waals surface area contributed by atoms with Gasteiger partial charge in [0, 0.05) is 12.0 Å². The summed E-state index contributed by atoms with van der Waals surface area (Å²) in [5.74, 6) is 0.976. The second-order valence-electron chi connectivity index (χ2n) is 4.12. The largest absolute Gasteiger partial charge is 0.427 e. The van der Waals surface area contributed by atoms with Gasteiger partial charge in [-0.15, -0.1) is 0 Å². The van der Waals surface area contributed by atoms with Gasteiger partial charge in [0.05, 0.1) is 5.33 Å². The number of alkyl halides is 1. The van der Waals surface area contributed by atoms with E-state index in [4.69, 9.17) is 3.07 Å². The number of carbonyl (C=O) groups is 1. The van der Waals surface area contributed by atoms with Gasteiger partial charge < -0.3 is 3.07 Å². The summed E-state index contributed by atoms with van der Waals surface area (Å²) in [5.41, 5.74) is 3.10. The van der Waals surface area contributed by atoms with E-state index in [0.29, 0.717) is 11.8 Å². The number of benzene rings is 2. The first-order valence-corrected chi connectivity index (χ1v) is 7.79. The molecule has 2 nitrogen and oxygen atoms in total. The second-order valence-corrected chi connectivity index (χ2v) is 5.12. The van der Waals surface area contributed by atoms with Crippen LogP contribution in [0.2, 0.25) is 0 Å². The zero-order valence-electron chi connectivity index (χ0n) is 10.1. The van der Waals surface area contributed by atoms with E-state index in [-0.39, 0.29) is 5.78 Å². The van der Waals surface area contributed by atoms with Crippen LogP contribution in [-0.4, -0.2) is 11.1 Å². The van der Waals surface area contributed by atoms with Crippen LogP contribution in [0.5, 0.6) is 5.75 Å². The van der Waals surface area contributed by atoms with Crippen molar-refractivity contribution in [3.8, 4) is 16.9 Å². The van der Waals surface area contributed by atoms with E-state index in [1.165, 1.54) is 0 Å².